The Hall–Kier alpha value is -2.41. The Bertz CT molecular complexity index is 1110. The molecule has 3 aliphatic rings. The lowest BCUT2D eigenvalue weighted by Gasteiger charge is -2.51. The van der Waals surface area contributed by atoms with E-state index < -0.39 is 0 Å². The Morgan fingerprint density at radius 3 is 2.83 bits per heavy atom. The van der Waals surface area contributed by atoms with Gasteiger partial charge in [-0.1, -0.05) is 13.0 Å². The number of ether oxygens (including phenoxy) is 2. The van der Waals surface area contributed by atoms with Gasteiger partial charge in [-0.2, -0.15) is 0 Å². The lowest BCUT2D eigenvalue weighted by molar-refractivity contribution is -0.154. The van der Waals surface area contributed by atoms with Crippen LogP contribution in [0.3, 0.4) is 0 Å². The Balaban J connectivity index is 1.37. The van der Waals surface area contributed by atoms with E-state index >= 15 is 0 Å². The monoisotopic (exact) mass is 496 g/mol. The zero-order valence-corrected chi connectivity index (χ0v) is 22.0. The molecule has 0 spiro atoms. The second-order valence-corrected chi connectivity index (χ2v) is 12.1. The van der Waals surface area contributed by atoms with E-state index in [2.05, 4.69) is 35.4 Å². The summed E-state index contributed by atoms with van der Waals surface area (Å²) in [4.78, 5) is 30.1. The van der Waals surface area contributed by atoms with Crippen LogP contribution in [0.15, 0.2) is 24.4 Å². The van der Waals surface area contributed by atoms with E-state index in [-0.39, 0.29) is 23.4 Å². The zero-order valence-electron chi connectivity index (χ0n) is 21.1. The van der Waals surface area contributed by atoms with Crippen LogP contribution in [0.25, 0.3) is 0 Å². The molecule has 1 aromatic carbocycles. The maximum atomic E-state index is 12.7. The van der Waals surface area contributed by atoms with E-state index in [0.717, 1.165) is 49.2 Å². The summed E-state index contributed by atoms with van der Waals surface area (Å²) >= 11 is 1.50. The van der Waals surface area contributed by atoms with Crippen LogP contribution < -0.4 is 10.1 Å². The molecule has 1 heterocycles. The summed E-state index contributed by atoms with van der Waals surface area (Å²) in [6.45, 7) is 5.84. The molecule has 6 atom stereocenters. The lowest BCUT2D eigenvalue weighted by Crippen LogP contribution is -2.46. The molecule has 0 radical (unpaired) electrons. The number of rotatable bonds is 6. The first kappa shape index (κ1) is 24.3. The number of hydrogen-bond donors (Lipinski definition) is 1. The van der Waals surface area contributed by atoms with Crippen molar-refractivity contribution in [3.05, 3.63) is 40.4 Å². The van der Waals surface area contributed by atoms with Gasteiger partial charge in [0.2, 0.25) is 5.91 Å². The molecule has 1 aromatic heterocycles. The summed E-state index contributed by atoms with van der Waals surface area (Å²) in [6.07, 6.45) is 8.19. The average molecular weight is 497 g/mol. The van der Waals surface area contributed by atoms with E-state index in [1.807, 2.05) is 6.92 Å². The highest BCUT2D eigenvalue weighted by molar-refractivity contribution is 7.15. The fourth-order valence-corrected chi connectivity index (χ4v) is 8.19. The van der Waals surface area contributed by atoms with E-state index in [0.29, 0.717) is 35.2 Å². The fraction of sp³-hybridized carbons (Fsp3) is 0.607. The Morgan fingerprint density at radius 2 is 2.11 bits per heavy atom. The van der Waals surface area contributed by atoms with Gasteiger partial charge in [0.15, 0.2) is 5.13 Å². The molecule has 6 nitrogen and oxygen atoms in total. The summed E-state index contributed by atoms with van der Waals surface area (Å²) in [5, 5.41) is 3.63. The van der Waals surface area contributed by atoms with Crippen LogP contribution in [0.4, 0.5) is 5.13 Å². The summed E-state index contributed by atoms with van der Waals surface area (Å²) < 4.78 is 11.4. The smallest absolute Gasteiger partial charge is 0.302 e. The summed E-state index contributed by atoms with van der Waals surface area (Å²) in [5.41, 5.74) is 2.85. The van der Waals surface area contributed by atoms with E-state index in [1.54, 1.807) is 13.3 Å². The number of nitrogens with one attached hydrogen (secondary N) is 1. The van der Waals surface area contributed by atoms with Crippen molar-refractivity contribution >= 4 is 28.3 Å². The normalized spacial score (nSPS) is 31.1. The summed E-state index contributed by atoms with van der Waals surface area (Å²) in [6, 6.07) is 6.57. The van der Waals surface area contributed by atoms with Gasteiger partial charge in [-0.25, -0.2) is 4.98 Å². The number of carbonyl (C=O) groups excluding carboxylic acids is 2. The number of amides is 1. The first-order valence-corrected chi connectivity index (χ1v) is 13.7. The largest absolute Gasteiger partial charge is 0.497 e. The van der Waals surface area contributed by atoms with E-state index in [4.69, 9.17) is 9.47 Å². The van der Waals surface area contributed by atoms with E-state index in [1.165, 1.54) is 29.4 Å². The molecule has 5 rings (SSSR count). The molecule has 7 heteroatoms. The number of carbonyl (C=O) groups is 2. The van der Waals surface area contributed by atoms with Crippen LogP contribution in [0, 0.1) is 30.1 Å². The van der Waals surface area contributed by atoms with Crippen LogP contribution in [0.1, 0.15) is 74.3 Å². The number of aryl methyl sites for hydroxylation is 2. The minimum atomic E-state index is -0.198. The second-order valence-electron chi connectivity index (χ2n) is 10.9. The highest BCUT2D eigenvalue weighted by Crippen LogP contribution is 2.64. The van der Waals surface area contributed by atoms with Crippen molar-refractivity contribution in [2.24, 2.45) is 23.2 Å². The van der Waals surface area contributed by atoms with Crippen molar-refractivity contribution < 1.29 is 19.1 Å². The first-order valence-electron chi connectivity index (χ1n) is 12.8. The number of hydrogen-bond acceptors (Lipinski definition) is 6. The maximum absolute atomic E-state index is 12.7. The quantitative estimate of drug-likeness (QED) is 0.504. The molecule has 188 valence electrons. The zero-order chi connectivity index (χ0) is 24.7. The van der Waals surface area contributed by atoms with Gasteiger partial charge in [-0.05, 0) is 92.4 Å². The molecule has 2 fully saturated rings. The van der Waals surface area contributed by atoms with Crippen molar-refractivity contribution in [3.63, 3.8) is 0 Å². The van der Waals surface area contributed by atoms with Gasteiger partial charge in [0, 0.05) is 29.8 Å². The number of benzene rings is 1. The molecule has 1 amide bonds. The molecule has 1 N–H and O–H groups in total. The molecule has 2 saturated carbocycles. The van der Waals surface area contributed by atoms with Crippen LogP contribution in [0.5, 0.6) is 5.75 Å². The number of methoxy groups -OCH3 is 1. The third-order valence-electron chi connectivity index (χ3n) is 8.91. The second kappa shape index (κ2) is 9.57. The van der Waals surface area contributed by atoms with Gasteiger partial charge in [0.1, 0.15) is 11.9 Å². The molecule has 3 aliphatic carbocycles. The third kappa shape index (κ3) is 4.59. The number of thiazole rings is 1. The Morgan fingerprint density at radius 1 is 1.29 bits per heavy atom. The van der Waals surface area contributed by atoms with Crippen LogP contribution in [0.2, 0.25) is 0 Å². The minimum absolute atomic E-state index is 0.0189. The highest BCUT2D eigenvalue weighted by Gasteiger charge is 2.59. The van der Waals surface area contributed by atoms with Crippen molar-refractivity contribution in [3.8, 4) is 5.75 Å². The standard InChI is InChI=1S/C28H36N2O4S/c1-16-15-29-27(35-16)30-25(32)10-6-19-14-24(34-17(2)31)28(3)12-11-22-21-9-7-20(33-4)13-18(21)5-8-23(22)26(19)28/h7,9,13,15,19,22-24,26H,5-6,8,10-12,14H2,1-4H3,(H,29,30,32)/t19-,22?,23?,24+,26?,28-/m1/s1. The fourth-order valence-electron chi connectivity index (χ4n) is 7.51. The van der Waals surface area contributed by atoms with E-state index in [9.17, 15) is 9.59 Å². The molecule has 3 unspecified atom stereocenters. The van der Waals surface area contributed by atoms with Crippen molar-refractivity contribution in [1.82, 2.24) is 4.98 Å². The van der Waals surface area contributed by atoms with Crippen LogP contribution in [-0.4, -0.2) is 30.1 Å². The summed E-state index contributed by atoms with van der Waals surface area (Å²) in [7, 11) is 1.73. The molecular weight excluding hydrogens is 460 g/mol. The molecule has 0 aliphatic heterocycles. The molecule has 35 heavy (non-hydrogen) atoms. The third-order valence-corrected chi connectivity index (χ3v) is 9.74. The Kier molecular flexibility index (Phi) is 6.64. The minimum Gasteiger partial charge on any atom is -0.497 e. The van der Waals surface area contributed by atoms with Crippen molar-refractivity contribution in [1.29, 1.82) is 0 Å². The number of aromatic nitrogens is 1. The number of esters is 1. The first-order chi connectivity index (χ1) is 16.8. The van der Waals surface area contributed by atoms with Gasteiger partial charge in [0.25, 0.3) is 0 Å². The predicted molar refractivity (Wildman–Crippen MR) is 137 cm³/mol. The SMILES string of the molecule is COc1ccc2c(c1)CCC1C2CC[C@@]2(C)C1[C@H](CCC(=O)Nc1ncc(C)s1)C[C@@H]2OC(C)=O. The topological polar surface area (TPSA) is 77.5 Å². The van der Waals surface area contributed by atoms with Gasteiger partial charge < -0.3 is 14.8 Å². The van der Waals surface area contributed by atoms with Gasteiger partial charge in [-0.3, -0.25) is 9.59 Å². The molecular formula is C28H36N2O4S. The lowest BCUT2D eigenvalue weighted by atomic mass is 9.53. The average Bonchev–Trinajstić information content (AvgIpc) is 3.36. The number of fused-ring (bicyclic) bond motifs is 5. The highest BCUT2D eigenvalue weighted by atomic mass is 32.1. The predicted octanol–water partition coefficient (Wildman–Crippen LogP) is 5.89. The van der Waals surface area contributed by atoms with Gasteiger partial charge in [-0.15, -0.1) is 11.3 Å². The molecule has 0 bridgehead atoms. The van der Waals surface area contributed by atoms with Gasteiger partial charge in [0.05, 0.1) is 7.11 Å². The summed E-state index contributed by atoms with van der Waals surface area (Å²) in [5.74, 6) is 2.62. The number of nitrogens with zero attached hydrogens (tertiary/aromatic N) is 1. The molecule has 2 aromatic rings. The number of anilines is 1. The van der Waals surface area contributed by atoms with Crippen molar-refractivity contribution in [2.45, 2.75) is 77.7 Å². The van der Waals surface area contributed by atoms with Gasteiger partial charge >= 0.3 is 5.97 Å². The van der Waals surface area contributed by atoms with Crippen molar-refractivity contribution in [2.75, 3.05) is 12.4 Å². The molecule has 0 saturated heterocycles. The Labute approximate surface area is 211 Å². The van der Waals surface area contributed by atoms with Crippen LogP contribution >= 0.6 is 11.3 Å². The maximum Gasteiger partial charge on any atom is 0.302 e. The van der Waals surface area contributed by atoms with Crippen LogP contribution in [-0.2, 0) is 20.7 Å².